The van der Waals surface area contributed by atoms with Gasteiger partial charge in [-0.2, -0.15) is 0 Å². The van der Waals surface area contributed by atoms with Crippen molar-refractivity contribution < 1.29 is 37.3 Å². The number of phosphoric ester groups is 1. The third-order valence-electron chi connectivity index (χ3n) is 12.7. The van der Waals surface area contributed by atoms with E-state index in [4.69, 9.17) is 13.8 Å². The molecule has 0 aromatic rings. The SMILES string of the molecule is CC\C=C/C=C/C=C/C=C\C=C\C=C\CCCCCC(=O)OC(/C=C/CCCCCCCCCCC)C(COP(=O)(O)OCC[N+](C)(C)C)NC(=O)CCCCCCCCCCC/C=C/CCCCCCCC. The van der Waals surface area contributed by atoms with E-state index in [9.17, 15) is 19.0 Å². The van der Waals surface area contributed by atoms with Crippen molar-refractivity contribution in [1.29, 1.82) is 0 Å². The summed E-state index contributed by atoms with van der Waals surface area (Å²) in [5.41, 5.74) is 0. The summed E-state index contributed by atoms with van der Waals surface area (Å²) in [6.07, 6.45) is 69.7. The van der Waals surface area contributed by atoms with Crippen LogP contribution in [-0.2, 0) is 27.9 Å². The minimum atomic E-state index is -4.46. The molecule has 2 N–H and O–H groups in total. The van der Waals surface area contributed by atoms with Gasteiger partial charge in [0.05, 0.1) is 33.8 Å². The molecule has 0 spiro atoms. The van der Waals surface area contributed by atoms with E-state index in [2.05, 4.69) is 50.4 Å². The van der Waals surface area contributed by atoms with Gasteiger partial charge in [-0.3, -0.25) is 18.6 Å². The van der Waals surface area contributed by atoms with Gasteiger partial charge in [0.2, 0.25) is 5.91 Å². The van der Waals surface area contributed by atoms with Crippen LogP contribution in [0.1, 0.15) is 239 Å². The van der Waals surface area contributed by atoms with Crippen molar-refractivity contribution >= 4 is 19.7 Å². The lowest BCUT2D eigenvalue weighted by atomic mass is 10.0. The van der Waals surface area contributed by atoms with Crippen molar-refractivity contribution in [3.63, 3.8) is 0 Å². The van der Waals surface area contributed by atoms with Crippen LogP contribution in [0.3, 0.4) is 0 Å². The Hall–Kier alpha value is -3.07. The summed E-state index contributed by atoms with van der Waals surface area (Å²) in [4.78, 5) is 37.6. The third-order valence-corrected chi connectivity index (χ3v) is 13.7. The quantitative estimate of drug-likeness (QED) is 0.0156. The second-order valence-corrected chi connectivity index (χ2v) is 22.4. The van der Waals surface area contributed by atoms with Gasteiger partial charge in [-0.05, 0) is 76.7 Å². The Morgan fingerprint density at radius 3 is 1.37 bits per heavy atom. The number of unbranched alkanes of at least 4 members (excludes halogenated alkanes) is 27. The largest absolute Gasteiger partial charge is 0.472 e. The van der Waals surface area contributed by atoms with E-state index in [0.29, 0.717) is 23.9 Å². The van der Waals surface area contributed by atoms with E-state index in [0.717, 1.165) is 64.2 Å². The molecular formula is C63H112N2O7P+. The fraction of sp³-hybridized carbons (Fsp3) is 0.714. The Balaban J connectivity index is 5.35. The first-order valence-corrected chi connectivity index (χ1v) is 31.1. The Morgan fingerprint density at radius 2 is 0.890 bits per heavy atom. The first-order valence-electron chi connectivity index (χ1n) is 29.6. The molecule has 10 heteroatoms. The number of phosphoric acid groups is 1. The molecule has 0 rings (SSSR count). The molecule has 0 aliphatic carbocycles. The topological polar surface area (TPSA) is 111 Å². The highest BCUT2D eigenvalue weighted by atomic mass is 31.2. The van der Waals surface area contributed by atoms with Crippen molar-refractivity contribution in [1.82, 2.24) is 5.32 Å². The molecule has 0 fully saturated rings. The van der Waals surface area contributed by atoms with Gasteiger partial charge in [0.15, 0.2) is 0 Å². The van der Waals surface area contributed by atoms with E-state index in [-0.39, 0.29) is 31.5 Å². The van der Waals surface area contributed by atoms with E-state index >= 15 is 0 Å². The molecule has 0 radical (unpaired) electrons. The summed E-state index contributed by atoms with van der Waals surface area (Å²) in [6.45, 7) is 6.82. The molecule has 420 valence electrons. The lowest BCUT2D eigenvalue weighted by molar-refractivity contribution is -0.870. The fourth-order valence-electron chi connectivity index (χ4n) is 8.08. The van der Waals surface area contributed by atoms with Gasteiger partial charge >= 0.3 is 13.8 Å². The predicted octanol–water partition coefficient (Wildman–Crippen LogP) is 18.0. The molecule has 0 aromatic heterocycles. The maximum Gasteiger partial charge on any atom is 0.472 e. The van der Waals surface area contributed by atoms with Crippen LogP contribution in [0.5, 0.6) is 0 Å². The monoisotopic (exact) mass is 1040 g/mol. The van der Waals surface area contributed by atoms with Gasteiger partial charge < -0.3 is 19.4 Å². The number of amides is 1. The average Bonchev–Trinajstić information content (AvgIpc) is 3.35. The fourth-order valence-corrected chi connectivity index (χ4v) is 8.82. The maximum atomic E-state index is 13.5. The van der Waals surface area contributed by atoms with Crippen LogP contribution < -0.4 is 5.32 Å². The molecule has 0 aliphatic heterocycles. The highest BCUT2D eigenvalue weighted by molar-refractivity contribution is 7.47. The number of quaternary nitrogens is 1. The zero-order valence-corrected chi connectivity index (χ0v) is 48.7. The van der Waals surface area contributed by atoms with E-state index in [1.807, 2.05) is 94.1 Å². The van der Waals surface area contributed by atoms with Gasteiger partial charge in [0.1, 0.15) is 19.3 Å². The third kappa shape index (κ3) is 53.6. The number of nitrogens with zero attached hydrogens (tertiary/aromatic N) is 1. The van der Waals surface area contributed by atoms with E-state index in [1.165, 1.54) is 135 Å². The molecule has 0 aromatic carbocycles. The summed E-state index contributed by atoms with van der Waals surface area (Å²) in [7, 11) is 1.46. The average molecular weight is 1040 g/mol. The van der Waals surface area contributed by atoms with Gasteiger partial charge in [0.25, 0.3) is 0 Å². The first-order chi connectivity index (χ1) is 35.4. The number of esters is 1. The summed E-state index contributed by atoms with van der Waals surface area (Å²) < 4.78 is 30.6. The second-order valence-electron chi connectivity index (χ2n) is 20.9. The summed E-state index contributed by atoms with van der Waals surface area (Å²) in [6, 6.07) is -0.872. The van der Waals surface area contributed by atoms with Crippen LogP contribution in [0.2, 0.25) is 0 Å². The van der Waals surface area contributed by atoms with Crippen molar-refractivity contribution in [3.8, 4) is 0 Å². The number of carbonyl (C=O) groups is 2. The second kappa shape index (κ2) is 52.4. The molecule has 73 heavy (non-hydrogen) atoms. The predicted molar refractivity (Wildman–Crippen MR) is 314 cm³/mol. The molecule has 1 amide bonds. The number of hydrogen-bond donors (Lipinski definition) is 2. The Labute approximate surface area is 449 Å². The summed E-state index contributed by atoms with van der Waals surface area (Å²) >= 11 is 0. The van der Waals surface area contributed by atoms with Gasteiger partial charge in [0, 0.05) is 12.8 Å². The van der Waals surface area contributed by atoms with Crippen LogP contribution in [0.25, 0.3) is 0 Å². The minimum absolute atomic E-state index is 0.0278. The van der Waals surface area contributed by atoms with E-state index < -0.39 is 20.0 Å². The first kappa shape index (κ1) is 69.9. The molecule has 3 unspecified atom stereocenters. The van der Waals surface area contributed by atoms with E-state index in [1.54, 1.807) is 0 Å². The number of hydrogen-bond acceptors (Lipinski definition) is 6. The highest BCUT2D eigenvalue weighted by Crippen LogP contribution is 2.43. The van der Waals surface area contributed by atoms with Crippen LogP contribution in [-0.4, -0.2) is 74.3 Å². The Kier molecular flexibility index (Phi) is 50.2. The molecule has 3 atom stereocenters. The van der Waals surface area contributed by atoms with Gasteiger partial charge in [-0.15, -0.1) is 0 Å². The van der Waals surface area contributed by atoms with Crippen LogP contribution in [0, 0.1) is 0 Å². The molecule has 9 nitrogen and oxygen atoms in total. The number of nitrogens with one attached hydrogen (secondary N) is 1. The number of likely N-dealkylation sites (N-methyl/N-ethyl adjacent to an activating group) is 1. The molecule has 0 saturated heterocycles. The number of carbonyl (C=O) groups excluding carboxylic acids is 2. The zero-order valence-electron chi connectivity index (χ0n) is 47.8. The van der Waals surface area contributed by atoms with Crippen molar-refractivity contribution in [2.24, 2.45) is 0 Å². The van der Waals surface area contributed by atoms with Crippen molar-refractivity contribution in [3.05, 3.63) is 97.2 Å². The molecule has 0 bridgehead atoms. The molecular weight excluding hydrogens is 928 g/mol. The van der Waals surface area contributed by atoms with Gasteiger partial charge in [-0.25, -0.2) is 4.57 Å². The number of allylic oxidation sites excluding steroid dienone is 15. The van der Waals surface area contributed by atoms with Crippen molar-refractivity contribution in [2.45, 2.75) is 251 Å². The number of ether oxygens (including phenoxy) is 1. The molecule has 0 aliphatic rings. The van der Waals surface area contributed by atoms with Crippen LogP contribution in [0.4, 0.5) is 0 Å². The lowest BCUT2D eigenvalue weighted by Gasteiger charge is -2.27. The highest BCUT2D eigenvalue weighted by Gasteiger charge is 2.30. The lowest BCUT2D eigenvalue weighted by Crippen LogP contribution is -2.47. The van der Waals surface area contributed by atoms with Crippen molar-refractivity contribution in [2.75, 3.05) is 40.9 Å². The Morgan fingerprint density at radius 1 is 0.493 bits per heavy atom. The molecule has 0 heterocycles. The normalized spacial score (nSPS) is 14.5. The van der Waals surface area contributed by atoms with Crippen LogP contribution >= 0.6 is 7.82 Å². The van der Waals surface area contributed by atoms with Gasteiger partial charge in [-0.1, -0.05) is 247 Å². The minimum Gasteiger partial charge on any atom is -0.456 e. The smallest absolute Gasteiger partial charge is 0.456 e. The Bertz CT molecular complexity index is 1570. The van der Waals surface area contributed by atoms with Crippen LogP contribution in [0.15, 0.2) is 97.2 Å². The molecule has 0 saturated carbocycles. The maximum absolute atomic E-state index is 13.5. The summed E-state index contributed by atoms with van der Waals surface area (Å²) in [5.74, 6) is -0.563. The standard InChI is InChI=1S/C63H111N2O7P/c1-7-10-13-16-19-22-25-27-29-31-32-34-35-37-40-43-46-49-52-55-62(66)64-60(59-71-73(68,69)70-58-57-65(4,5)6)61(54-51-48-45-42-39-24-21-18-15-12-9-3)72-63(67)56-53-50-47-44-41-38-36-33-30-28-26-23-20-17-14-11-8-2/h11,14,17,20,23,26-30,33,36,38,41,51,54,60-61H,7-10,12-13,15-16,18-19,21-22,24-25,31-32,34-35,37,39-40,42-50,52-53,55-59H2,1-6H3,(H-,64,66,68,69)/p+1/b14-11-,20-17+,26-23+,29-27+,30-28-,36-33+,41-38+,54-51+. The summed E-state index contributed by atoms with van der Waals surface area (Å²) in [5, 5.41) is 3.04. The number of rotatable bonds is 52. The zero-order chi connectivity index (χ0) is 53.6.